The van der Waals surface area contributed by atoms with Crippen molar-refractivity contribution in [3.05, 3.63) is 95.9 Å². The first-order chi connectivity index (χ1) is 17.6. The van der Waals surface area contributed by atoms with Gasteiger partial charge >= 0.3 is 0 Å². The minimum absolute atomic E-state index is 0.442. The largest absolute Gasteiger partial charge is 0.383 e. The average molecular weight is 476 g/mol. The Balaban J connectivity index is 1.21. The molecule has 36 heavy (non-hydrogen) atoms. The van der Waals surface area contributed by atoms with Crippen molar-refractivity contribution in [3.63, 3.8) is 0 Å². The van der Waals surface area contributed by atoms with Gasteiger partial charge in [0.2, 0.25) is 5.95 Å². The lowest BCUT2D eigenvalue weighted by Gasteiger charge is -2.32. The smallest absolute Gasteiger partial charge is 0.229 e. The molecule has 0 bridgehead atoms. The van der Waals surface area contributed by atoms with Crippen LogP contribution in [0.25, 0.3) is 11.1 Å². The number of pyridine rings is 1. The maximum Gasteiger partial charge on any atom is 0.229 e. The topological polar surface area (TPSA) is 83.2 Å². The van der Waals surface area contributed by atoms with Gasteiger partial charge in [-0.25, -0.2) is 9.97 Å². The van der Waals surface area contributed by atoms with Gasteiger partial charge in [0.05, 0.1) is 0 Å². The van der Waals surface area contributed by atoms with Crippen LogP contribution in [0.15, 0.2) is 79.1 Å². The maximum absolute atomic E-state index is 6.30. The fourth-order valence-corrected chi connectivity index (χ4v) is 4.07. The van der Waals surface area contributed by atoms with Crippen LogP contribution in [0.4, 0.5) is 17.5 Å². The van der Waals surface area contributed by atoms with Crippen LogP contribution < -0.4 is 11.1 Å². The number of nitrogen functional groups attached to an aromatic ring is 1. The fraction of sp³-hybridized carbons (Fsp3) is 0.207. The normalized spacial score (nSPS) is 14.1. The highest BCUT2D eigenvalue weighted by molar-refractivity contribution is 5.74. The minimum Gasteiger partial charge on any atom is -0.383 e. The molecule has 5 rings (SSSR count). The highest BCUT2D eigenvalue weighted by Gasteiger charge is 2.14. The third-order valence-corrected chi connectivity index (χ3v) is 6.23. The second kappa shape index (κ2) is 11.0. The summed E-state index contributed by atoms with van der Waals surface area (Å²) in [5, 5.41) is 3.21. The zero-order chi connectivity index (χ0) is 24.7. The summed E-state index contributed by atoms with van der Waals surface area (Å²) >= 11 is 0. The standard InChI is InChI=1S/C29H29N7/c1-35-16-18-36(19-17-35)21-23-5-10-24(11-6-23)27-20-32-29(34-28(27)30)33-26-13-8-22(9-14-26)7-12-25-4-2-3-15-31-25/h2-6,8-11,13-15,20H,16-19,21H2,1H3,(H3,30,32,33,34). The average Bonchev–Trinajstić information content (AvgIpc) is 2.91. The number of hydrogen-bond acceptors (Lipinski definition) is 7. The molecule has 1 aliphatic rings. The zero-order valence-electron chi connectivity index (χ0n) is 20.4. The predicted molar refractivity (Wildman–Crippen MR) is 145 cm³/mol. The van der Waals surface area contributed by atoms with E-state index in [1.807, 2.05) is 42.5 Å². The maximum atomic E-state index is 6.30. The molecule has 0 spiro atoms. The Morgan fingerprint density at radius 1 is 0.889 bits per heavy atom. The van der Waals surface area contributed by atoms with Crippen LogP contribution in [0, 0.1) is 11.8 Å². The number of likely N-dealkylation sites (N-methyl/N-ethyl adjacent to an activating group) is 1. The lowest BCUT2D eigenvalue weighted by Crippen LogP contribution is -2.43. The molecule has 0 radical (unpaired) electrons. The number of nitrogens with two attached hydrogens (primary N) is 1. The number of benzene rings is 2. The number of nitrogens with one attached hydrogen (secondary N) is 1. The first kappa shape index (κ1) is 23.5. The fourth-order valence-electron chi connectivity index (χ4n) is 4.07. The van der Waals surface area contributed by atoms with Crippen molar-refractivity contribution in [2.24, 2.45) is 0 Å². The molecule has 0 atom stereocenters. The van der Waals surface area contributed by atoms with Crippen LogP contribution in [0.1, 0.15) is 16.8 Å². The van der Waals surface area contributed by atoms with Crippen molar-refractivity contribution < 1.29 is 0 Å². The van der Waals surface area contributed by atoms with Gasteiger partial charge in [-0.1, -0.05) is 36.3 Å². The molecule has 2 aromatic carbocycles. The van der Waals surface area contributed by atoms with Gasteiger partial charge in [0.15, 0.2) is 0 Å². The second-order valence-corrected chi connectivity index (χ2v) is 8.94. The Labute approximate surface area is 212 Å². The number of aromatic nitrogens is 3. The summed E-state index contributed by atoms with van der Waals surface area (Å²) < 4.78 is 0. The van der Waals surface area contributed by atoms with E-state index in [0.717, 1.165) is 60.8 Å². The van der Waals surface area contributed by atoms with E-state index in [9.17, 15) is 0 Å². The lowest BCUT2D eigenvalue weighted by atomic mass is 10.1. The minimum atomic E-state index is 0.442. The highest BCUT2D eigenvalue weighted by atomic mass is 15.2. The zero-order valence-corrected chi connectivity index (χ0v) is 20.4. The molecule has 1 saturated heterocycles. The summed E-state index contributed by atoms with van der Waals surface area (Å²) in [6.45, 7) is 5.42. The van der Waals surface area contributed by atoms with Crippen LogP contribution in [-0.4, -0.2) is 58.0 Å². The first-order valence-electron chi connectivity index (χ1n) is 12.1. The second-order valence-electron chi connectivity index (χ2n) is 8.94. The number of nitrogens with zero attached hydrogens (tertiary/aromatic N) is 5. The van der Waals surface area contributed by atoms with Gasteiger partial charge in [-0.05, 0) is 60.5 Å². The quantitative estimate of drug-likeness (QED) is 0.422. The van der Waals surface area contributed by atoms with Crippen molar-refractivity contribution in [3.8, 4) is 23.0 Å². The third-order valence-electron chi connectivity index (χ3n) is 6.23. The van der Waals surface area contributed by atoms with E-state index in [-0.39, 0.29) is 0 Å². The van der Waals surface area contributed by atoms with Gasteiger partial charge in [0.1, 0.15) is 11.5 Å². The van der Waals surface area contributed by atoms with Crippen LogP contribution in [0.3, 0.4) is 0 Å². The molecule has 2 aromatic heterocycles. The molecule has 3 heterocycles. The molecule has 7 heteroatoms. The number of rotatable bonds is 5. The van der Waals surface area contributed by atoms with Gasteiger partial charge in [0, 0.05) is 61.9 Å². The molecule has 0 amide bonds. The lowest BCUT2D eigenvalue weighted by molar-refractivity contribution is 0.148. The predicted octanol–water partition coefficient (Wildman–Crippen LogP) is 4.01. The number of hydrogen-bond donors (Lipinski definition) is 2. The van der Waals surface area contributed by atoms with E-state index < -0.39 is 0 Å². The third kappa shape index (κ3) is 6.05. The monoisotopic (exact) mass is 475 g/mol. The molecule has 1 aliphatic heterocycles. The Morgan fingerprint density at radius 2 is 1.67 bits per heavy atom. The summed E-state index contributed by atoms with van der Waals surface area (Å²) in [6, 6.07) is 22.0. The molecule has 7 nitrogen and oxygen atoms in total. The summed E-state index contributed by atoms with van der Waals surface area (Å²) in [5.41, 5.74) is 11.9. The van der Waals surface area contributed by atoms with Crippen molar-refractivity contribution in [1.82, 2.24) is 24.8 Å². The Morgan fingerprint density at radius 3 is 2.36 bits per heavy atom. The molecule has 4 aromatic rings. The molecule has 0 aliphatic carbocycles. The van der Waals surface area contributed by atoms with E-state index in [2.05, 4.69) is 73.2 Å². The molecular formula is C29H29N7. The molecule has 3 N–H and O–H groups in total. The van der Waals surface area contributed by atoms with Gasteiger partial charge in [-0.3, -0.25) is 4.90 Å². The molecular weight excluding hydrogens is 446 g/mol. The van der Waals surface area contributed by atoms with Crippen molar-refractivity contribution in [1.29, 1.82) is 0 Å². The van der Waals surface area contributed by atoms with E-state index in [4.69, 9.17) is 5.73 Å². The van der Waals surface area contributed by atoms with Gasteiger partial charge in [-0.2, -0.15) is 4.98 Å². The first-order valence-corrected chi connectivity index (χ1v) is 12.1. The van der Waals surface area contributed by atoms with E-state index in [0.29, 0.717) is 11.8 Å². The van der Waals surface area contributed by atoms with Crippen LogP contribution >= 0.6 is 0 Å². The summed E-state index contributed by atoms with van der Waals surface area (Å²) in [5.74, 6) is 7.07. The van der Waals surface area contributed by atoms with Gasteiger partial charge in [-0.15, -0.1) is 0 Å². The Kier molecular flexibility index (Phi) is 7.17. The molecule has 0 saturated carbocycles. The van der Waals surface area contributed by atoms with Crippen molar-refractivity contribution >= 4 is 17.5 Å². The number of anilines is 3. The van der Waals surface area contributed by atoms with E-state index in [1.165, 1.54) is 5.56 Å². The van der Waals surface area contributed by atoms with Crippen molar-refractivity contribution in [2.45, 2.75) is 6.54 Å². The van der Waals surface area contributed by atoms with Crippen LogP contribution in [0.2, 0.25) is 0 Å². The van der Waals surface area contributed by atoms with Crippen molar-refractivity contribution in [2.75, 3.05) is 44.3 Å². The Bertz CT molecular complexity index is 1350. The summed E-state index contributed by atoms with van der Waals surface area (Å²) in [7, 11) is 2.18. The van der Waals surface area contributed by atoms with Gasteiger partial charge < -0.3 is 16.0 Å². The van der Waals surface area contributed by atoms with E-state index in [1.54, 1.807) is 12.4 Å². The summed E-state index contributed by atoms with van der Waals surface area (Å²) in [4.78, 5) is 18.0. The van der Waals surface area contributed by atoms with Gasteiger partial charge in [0.25, 0.3) is 0 Å². The van der Waals surface area contributed by atoms with E-state index >= 15 is 0 Å². The molecule has 1 fully saturated rings. The number of piperazine rings is 1. The highest BCUT2D eigenvalue weighted by Crippen LogP contribution is 2.26. The van der Waals surface area contributed by atoms with Crippen LogP contribution in [0.5, 0.6) is 0 Å². The molecule has 0 unspecified atom stereocenters. The SMILES string of the molecule is CN1CCN(Cc2ccc(-c3cnc(Nc4ccc(C#Cc5ccccn5)cc4)nc3N)cc2)CC1. The summed E-state index contributed by atoms with van der Waals surface area (Å²) in [6.07, 6.45) is 3.51. The Hall–Kier alpha value is -4.25. The molecule has 180 valence electrons. The van der Waals surface area contributed by atoms with Crippen LogP contribution in [-0.2, 0) is 6.54 Å².